The molecule has 0 spiro atoms. The first-order chi connectivity index (χ1) is 25.5. The Hall–Kier alpha value is -5.70. The number of nitrogens with zero attached hydrogens (tertiary/aromatic N) is 1. The fourth-order valence-corrected chi connectivity index (χ4v) is 5.82. The second-order valence-corrected chi connectivity index (χ2v) is 13.0. The molecule has 0 bridgehead atoms. The van der Waals surface area contributed by atoms with Crippen molar-refractivity contribution in [2.45, 2.75) is 39.9 Å². The summed E-state index contributed by atoms with van der Waals surface area (Å²) in [7, 11) is 0. The standard InChI is InChI=1S/C25H19ClFNO3.C18H17ClO3/c1-16-7-11-23(28(16)19-9-10-22(27)20(14-19)25(29)30)21-13-18(26)8-12-24(21)31-15-17-5-3-2-4-6-17;1-13(20)7-9-17(21)16-11-15(19)8-10-18(16)22-12-14-5-3-2-4-6-14/h2-14H,15H2,1H3,(H,29,30);2-6,8,10-11H,7,9,12H2,1H3. The number of rotatable bonds is 13. The number of carboxylic acid groups (broad SMARTS) is 1. The first kappa shape index (κ1) is 38.5. The molecular formula is C43H36Cl2FNO6. The second-order valence-electron chi connectivity index (χ2n) is 12.1. The monoisotopic (exact) mass is 751 g/mol. The minimum atomic E-state index is -1.32. The molecule has 0 aliphatic heterocycles. The van der Waals surface area contributed by atoms with Crippen LogP contribution in [0.4, 0.5) is 4.39 Å². The van der Waals surface area contributed by atoms with Gasteiger partial charge in [-0.25, -0.2) is 9.18 Å². The number of hydrogen-bond donors (Lipinski definition) is 1. The highest BCUT2D eigenvalue weighted by molar-refractivity contribution is 6.31. The van der Waals surface area contributed by atoms with E-state index in [1.165, 1.54) is 13.0 Å². The number of carboxylic acids is 1. The Morgan fingerprint density at radius 3 is 1.87 bits per heavy atom. The van der Waals surface area contributed by atoms with E-state index in [1.807, 2.05) is 84.3 Å². The molecule has 0 aliphatic carbocycles. The van der Waals surface area contributed by atoms with Crippen molar-refractivity contribution in [1.29, 1.82) is 0 Å². The lowest BCUT2D eigenvalue weighted by Crippen LogP contribution is -2.06. The van der Waals surface area contributed by atoms with Crippen molar-refractivity contribution in [3.63, 3.8) is 0 Å². The van der Waals surface area contributed by atoms with Gasteiger partial charge in [0.1, 0.15) is 36.3 Å². The molecule has 0 radical (unpaired) electrons. The van der Waals surface area contributed by atoms with E-state index in [0.717, 1.165) is 34.1 Å². The maximum Gasteiger partial charge on any atom is 0.338 e. The fourth-order valence-electron chi connectivity index (χ4n) is 5.48. The molecule has 0 amide bonds. The summed E-state index contributed by atoms with van der Waals surface area (Å²) >= 11 is 12.3. The van der Waals surface area contributed by atoms with Crippen LogP contribution in [-0.4, -0.2) is 27.2 Å². The van der Waals surface area contributed by atoms with Gasteiger partial charge >= 0.3 is 5.97 Å². The van der Waals surface area contributed by atoms with Crippen molar-refractivity contribution >= 4 is 40.7 Å². The number of benzene rings is 5. The van der Waals surface area contributed by atoms with E-state index in [-0.39, 0.29) is 30.0 Å². The van der Waals surface area contributed by atoms with Crippen LogP contribution in [0.25, 0.3) is 16.9 Å². The van der Waals surface area contributed by atoms with Gasteiger partial charge in [-0.1, -0.05) is 83.9 Å². The smallest absolute Gasteiger partial charge is 0.338 e. The third-order valence-electron chi connectivity index (χ3n) is 8.15. The molecule has 10 heteroatoms. The number of hydrogen-bond acceptors (Lipinski definition) is 5. The summed E-state index contributed by atoms with van der Waals surface area (Å²) in [5.74, 6) is -1.13. The van der Waals surface area contributed by atoms with Crippen molar-refractivity contribution < 1.29 is 33.4 Å². The van der Waals surface area contributed by atoms with Gasteiger partial charge in [0.05, 0.1) is 16.8 Å². The highest BCUT2D eigenvalue weighted by atomic mass is 35.5. The normalized spacial score (nSPS) is 10.6. The van der Waals surface area contributed by atoms with E-state index >= 15 is 0 Å². The van der Waals surface area contributed by atoms with Gasteiger partial charge in [-0.2, -0.15) is 0 Å². The van der Waals surface area contributed by atoms with Gasteiger partial charge in [0.2, 0.25) is 0 Å². The molecule has 0 unspecified atom stereocenters. The number of aryl methyl sites for hydroxylation is 1. The van der Waals surface area contributed by atoms with Crippen LogP contribution in [0.15, 0.2) is 127 Å². The molecule has 0 aliphatic rings. The minimum Gasteiger partial charge on any atom is -0.488 e. The predicted molar refractivity (Wildman–Crippen MR) is 205 cm³/mol. The molecule has 6 rings (SSSR count). The topological polar surface area (TPSA) is 94.8 Å². The Bertz CT molecular complexity index is 2220. The quantitative estimate of drug-likeness (QED) is 0.118. The lowest BCUT2D eigenvalue weighted by molar-refractivity contribution is -0.117. The third kappa shape index (κ3) is 10.4. The van der Waals surface area contributed by atoms with Crippen LogP contribution in [0.5, 0.6) is 11.5 Å². The fraction of sp³-hybridized carbons (Fsp3) is 0.140. The molecule has 7 nitrogen and oxygen atoms in total. The van der Waals surface area contributed by atoms with Gasteiger partial charge in [-0.15, -0.1) is 0 Å². The van der Waals surface area contributed by atoms with E-state index < -0.39 is 11.8 Å². The highest BCUT2D eigenvalue weighted by Crippen LogP contribution is 2.36. The van der Waals surface area contributed by atoms with Crippen molar-refractivity contribution in [1.82, 2.24) is 4.57 Å². The lowest BCUT2D eigenvalue weighted by atomic mass is 10.0. The van der Waals surface area contributed by atoms with Gasteiger partial charge in [-0.05, 0) is 91.7 Å². The number of ketones is 2. The highest BCUT2D eigenvalue weighted by Gasteiger charge is 2.18. The summed E-state index contributed by atoms with van der Waals surface area (Å²) in [6.07, 6.45) is 0.390. The molecule has 0 atom stereocenters. The second kappa shape index (κ2) is 18.2. The van der Waals surface area contributed by atoms with Crippen LogP contribution in [0.3, 0.4) is 0 Å². The molecule has 1 N–H and O–H groups in total. The molecule has 0 saturated heterocycles. The number of carbonyl (C=O) groups is 3. The summed E-state index contributed by atoms with van der Waals surface area (Å²) in [5, 5.41) is 10.3. The Kier molecular flexibility index (Phi) is 13.2. The molecule has 5 aromatic carbocycles. The molecule has 1 aromatic heterocycles. The molecule has 53 heavy (non-hydrogen) atoms. The molecule has 1 heterocycles. The van der Waals surface area contributed by atoms with E-state index in [4.69, 9.17) is 32.7 Å². The van der Waals surface area contributed by atoms with Gasteiger partial charge in [0, 0.05) is 39.8 Å². The summed E-state index contributed by atoms with van der Waals surface area (Å²) in [5.41, 5.74) is 4.97. The van der Waals surface area contributed by atoms with Crippen molar-refractivity contribution in [3.05, 3.63) is 171 Å². The van der Waals surface area contributed by atoms with E-state index in [9.17, 15) is 23.9 Å². The number of halogens is 3. The molecule has 0 saturated carbocycles. The summed E-state index contributed by atoms with van der Waals surface area (Å²) in [4.78, 5) is 34.7. The first-order valence-corrected chi connectivity index (χ1v) is 17.4. The zero-order valence-electron chi connectivity index (χ0n) is 29.0. The van der Waals surface area contributed by atoms with Crippen LogP contribution in [-0.2, 0) is 18.0 Å². The van der Waals surface area contributed by atoms with Gasteiger partial charge in [0.25, 0.3) is 0 Å². The number of aromatic nitrogens is 1. The summed E-state index contributed by atoms with van der Waals surface area (Å²) in [6, 6.07) is 37.7. The van der Waals surface area contributed by atoms with Crippen LogP contribution < -0.4 is 9.47 Å². The molecular weight excluding hydrogens is 716 g/mol. The Morgan fingerprint density at radius 2 is 1.26 bits per heavy atom. The van der Waals surface area contributed by atoms with Gasteiger partial charge < -0.3 is 23.9 Å². The summed E-state index contributed by atoms with van der Waals surface area (Å²) in [6.45, 7) is 4.12. The Balaban J connectivity index is 0.000000217. The Labute approximate surface area is 317 Å². The van der Waals surface area contributed by atoms with Crippen LogP contribution >= 0.6 is 23.2 Å². The largest absolute Gasteiger partial charge is 0.488 e. The number of Topliss-reactive ketones (excluding diaryl/α,β-unsaturated/α-hetero) is 2. The maximum absolute atomic E-state index is 13.9. The zero-order valence-corrected chi connectivity index (χ0v) is 30.5. The average molecular weight is 753 g/mol. The maximum atomic E-state index is 13.9. The third-order valence-corrected chi connectivity index (χ3v) is 8.62. The van der Waals surface area contributed by atoms with E-state index in [1.54, 1.807) is 42.5 Å². The predicted octanol–water partition coefficient (Wildman–Crippen LogP) is 11.0. The number of aromatic carboxylic acids is 1. The van der Waals surface area contributed by atoms with Crippen LogP contribution in [0, 0.1) is 12.7 Å². The SMILES string of the molecule is CC(=O)CCC(=O)c1cc(Cl)ccc1OCc1ccccc1.Cc1ccc(-c2cc(Cl)ccc2OCc2ccccc2)n1-c1ccc(F)c(C(=O)O)c1. The van der Waals surface area contributed by atoms with Gasteiger partial charge in [-0.3, -0.25) is 4.79 Å². The van der Waals surface area contributed by atoms with Crippen molar-refractivity contribution in [3.8, 4) is 28.4 Å². The average Bonchev–Trinajstić information content (AvgIpc) is 3.54. The number of carbonyl (C=O) groups excluding carboxylic acids is 2. The van der Waals surface area contributed by atoms with Crippen LogP contribution in [0.2, 0.25) is 10.0 Å². The Morgan fingerprint density at radius 1 is 0.679 bits per heavy atom. The van der Waals surface area contributed by atoms with E-state index in [0.29, 0.717) is 46.0 Å². The molecule has 270 valence electrons. The van der Waals surface area contributed by atoms with Crippen molar-refractivity contribution in [2.75, 3.05) is 0 Å². The van der Waals surface area contributed by atoms with Crippen molar-refractivity contribution in [2.24, 2.45) is 0 Å². The summed E-state index contributed by atoms with van der Waals surface area (Å²) < 4.78 is 27.6. The van der Waals surface area contributed by atoms with Crippen LogP contribution in [0.1, 0.15) is 57.3 Å². The minimum absolute atomic E-state index is 0.0119. The van der Waals surface area contributed by atoms with E-state index in [2.05, 4.69) is 0 Å². The molecule has 6 aromatic rings. The lowest BCUT2D eigenvalue weighted by Gasteiger charge is -2.17. The zero-order chi connectivity index (χ0) is 37.9. The first-order valence-electron chi connectivity index (χ1n) is 16.7. The van der Waals surface area contributed by atoms with Gasteiger partial charge in [0.15, 0.2) is 5.78 Å². The number of ether oxygens (including phenoxy) is 2. The molecule has 0 fully saturated rings.